The van der Waals surface area contributed by atoms with Gasteiger partial charge in [0.1, 0.15) is 0 Å². The highest BCUT2D eigenvalue weighted by Gasteiger charge is 2.33. The smallest absolute Gasteiger partial charge is 0.244 e. The van der Waals surface area contributed by atoms with E-state index in [2.05, 4.69) is 10.5 Å². The molecule has 2 aromatic carbocycles. The summed E-state index contributed by atoms with van der Waals surface area (Å²) in [5, 5.41) is 4.32. The number of carbonyl (C=O) groups excluding carboxylic acids is 1. The molecule has 2 aliphatic rings. The third-order valence-electron chi connectivity index (χ3n) is 4.54. The maximum Gasteiger partial charge on any atom is 0.244 e. The monoisotopic (exact) mass is 340 g/mol. The van der Waals surface area contributed by atoms with Gasteiger partial charge in [-0.2, -0.15) is 5.10 Å². The summed E-state index contributed by atoms with van der Waals surface area (Å²) in [7, 11) is -3.08. The average molecular weight is 340 g/mol. The van der Waals surface area contributed by atoms with E-state index < -0.39 is 15.8 Å². The molecule has 1 aliphatic heterocycles. The molecule has 1 atom stereocenters. The first-order chi connectivity index (χ1) is 11.6. The quantitative estimate of drug-likeness (QED) is 0.725. The third-order valence-corrected chi connectivity index (χ3v) is 6.30. The molecule has 1 fully saturated rings. The number of sulfone groups is 1. The van der Waals surface area contributed by atoms with Crippen molar-refractivity contribution in [2.45, 2.75) is 6.42 Å². The Morgan fingerprint density at radius 1 is 0.958 bits per heavy atom. The number of rotatable bonds is 2. The lowest BCUT2D eigenvalue weighted by Gasteiger charge is -2.07. The summed E-state index contributed by atoms with van der Waals surface area (Å²) in [5.74, 6) is -0.846. The second-order valence-corrected chi connectivity index (χ2v) is 8.36. The van der Waals surface area contributed by atoms with E-state index in [0.29, 0.717) is 6.42 Å². The van der Waals surface area contributed by atoms with Gasteiger partial charge in [-0.3, -0.25) is 4.79 Å². The molecule has 0 aromatic heterocycles. The normalized spacial score (nSPS) is 20.3. The van der Waals surface area contributed by atoms with Crippen molar-refractivity contribution in [2.24, 2.45) is 11.0 Å². The van der Waals surface area contributed by atoms with Crippen LogP contribution in [0.5, 0.6) is 0 Å². The number of hydrogen-bond donors (Lipinski definition) is 1. The van der Waals surface area contributed by atoms with Crippen LogP contribution < -0.4 is 5.43 Å². The van der Waals surface area contributed by atoms with E-state index in [1.54, 1.807) is 0 Å². The first-order valence-corrected chi connectivity index (χ1v) is 9.64. The molecule has 6 heteroatoms. The first kappa shape index (κ1) is 15.1. The van der Waals surface area contributed by atoms with Crippen LogP contribution in [0, 0.1) is 5.92 Å². The molecule has 122 valence electrons. The number of hydrazone groups is 1. The maximum absolute atomic E-state index is 12.2. The molecule has 1 saturated heterocycles. The summed E-state index contributed by atoms with van der Waals surface area (Å²) < 4.78 is 23.0. The Bertz CT molecular complexity index is 916. The fourth-order valence-electron chi connectivity index (χ4n) is 3.32. The van der Waals surface area contributed by atoms with E-state index in [1.165, 1.54) is 0 Å². The van der Waals surface area contributed by atoms with Gasteiger partial charge in [-0.1, -0.05) is 48.5 Å². The van der Waals surface area contributed by atoms with Crippen LogP contribution in [0.4, 0.5) is 0 Å². The minimum atomic E-state index is -3.08. The number of carbonyl (C=O) groups is 1. The van der Waals surface area contributed by atoms with Crippen LogP contribution >= 0.6 is 0 Å². The summed E-state index contributed by atoms with van der Waals surface area (Å²) in [6, 6.07) is 15.8. The highest BCUT2D eigenvalue weighted by molar-refractivity contribution is 7.91. The van der Waals surface area contributed by atoms with Gasteiger partial charge in [-0.15, -0.1) is 0 Å². The molecule has 2 aromatic rings. The molecule has 1 unspecified atom stereocenters. The van der Waals surface area contributed by atoms with Crippen molar-refractivity contribution in [2.75, 3.05) is 11.5 Å². The van der Waals surface area contributed by atoms with E-state index in [4.69, 9.17) is 0 Å². The van der Waals surface area contributed by atoms with Crippen LogP contribution in [-0.2, 0) is 14.6 Å². The first-order valence-electron chi connectivity index (χ1n) is 7.82. The van der Waals surface area contributed by atoms with Crippen molar-refractivity contribution >= 4 is 21.5 Å². The average Bonchev–Trinajstić information content (AvgIpc) is 3.11. The number of nitrogens with zero attached hydrogens (tertiary/aromatic N) is 1. The SMILES string of the molecule is O=C(NN=C1c2ccccc2-c2ccccc21)C1CCS(=O)(=O)C1. The third kappa shape index (κ3) is 2.53. The Labute approximate surface area is 140 Å². The maximum atomic E-state index is 12.2. The predicted octanol–water partition coefficient (Wildman–Crippen LogP) is 1.97. The summed E-state index contributed by atoms with van der Waals surface area (Å²) in [5.41, 5.74) is 7.40. The van der Waals surface area contributed by atoms with Crippen molar-refractivity contribution in [1.82, 2.24) is 5.43 Å². The molecule has 4 rings (SSSR count). The van der Waals surface area contributed by atoms with Crippen LogP contribution in [-0.4, -0.2) is 31.5 Å². The minimum absolute atomic E-state index is 0.0767. The summed E-state index contributed by atoms with van der Waals surface area (Å²) in [4.78, 5) is 12.2. The zero-order valence-corrected chi connectivity index (χ0v) is 13.7. The molecule has 0 saturated carbocycles. The fraction of sp³-hybridized carbons (Fsp3) is 0.222. The van der Waals surface area contributed by atoms with Crippen LogP contribution in [0.25, 0.3) is 11.1 Å². The molecule has 1 heterocycles. The molecular weight excluding hydrogens is 324 g/mol. The van der Waals surface area contributed by atoms with Crippen molar-refractivity contribution in [1.29, 1.82) is 0 Å². The lowest BCUT2D eigenvalue weighted by molar-refractivity contribution is -0.124. The molecule has 1 aliphatic carbocycles. The highest BCUT2D eigenvalue weighted by Crippen LogP contribution is 2.36. The number of benzene rings is 2. The van der Waals surface area contributed by atoms with Gasteiger partial charge in [0.15, 0.2) is 9.84 Å². The van der Waals surface area contributed by atoms with Crippen LogP contribution in [0.3, 0.4) is 0 Å². The van der Waals surface area contributed by atoms with Gasteiger partial charge >= 0.3 is 0 Å². The second kappa shape index (κ2) is 5.56. The van der Waals surface area contributed by atoms with Crippen LogP contribution in [0.2, 0.25) is 0 Å². The van der Waals surface area contributed by atoms with Gasteiger partial charge in [0, 0.05) is 11.1 Å². The lowest BCUT2D eigenvalue weighted by Crippen LogP contribution is -2.28. The number of hydrogen-bond acceptors (Lipinski definition) is 4. The minimum Gasteiger partial charge on any atom is -0.273 e. The van der Waals surface area contributed by atoms with E-state index in [9.17, 15) is 13.2 Å². The summed E-state index contributed by atoms with van der Waals surface area (Å²) in [6.07, 6.45) is 0.367. The Morgan fingerprint density at radius 3 is 2.00 bits per heavy atom. The predicted molar refractivity (Wildman–Crippen MR) is 92.4 cm³/mol. The molecule has 0 spiro atoms. The Morgan fingerprint density at radius 2 is 1.50 bits per heavy atom. The largest absolute Gasteiger partial charge is 0.273 e. The zero-order valence-electron chi connectivity index (χ0n) is 12.9. The van der Waals surface area contributed by atoms with Crippen LogP contribution in [0.1, 0.15) is 17.5 Å². The molecule has 5 nitrogen and oxygen atoms in total. The topological polar surface area (TPSA) is 75.6 Å². The Kier molecular flexibility index (Phi) is 3.49. The molecule has 1 N–H and O–H groups in total. The van der Waals surface area contributed by atoms with Crippen molar-refractivity contribution in [3.05, 3.63) is 59.7 Å². The second-order valence-electron chi connectivity index (χ2n) is 6.13. The van der Waals surface area contributed by atoms with Gasteiger partial charge in [0.05, 0.1) is 23.1 Å². The molecule has 0 radical (unpaired) electrons. The highest BCUT2D eigenvalue weighted by atomic mass is 32.2. The van der Waals surface area contributed by atoms with Gasteiger partial charge in [-0.25, -0.2) is 13.8 Å². The fourth-order valence-corrected chi connectivity index (χ4v) is 5.06. The standard InChI is InChI=1S/C18H16N2O3S/c21-18(12-9-10-24(22,23)11-12)20-19-17-15-7-3-1-5-13(15)14-6-2-4-8-16(14)17/h1-8,12H,9-11H2,(H,20,21). The van der Waals surface area contributed by atoms with E-state index >= 15 is 0 Å². The van der Waals surface area contributed by atoms with E-state index in [1.807, 2.05) is 48.5 Å². The summed E-state index contributed by atoms with van der Waals surface area (Å²) >= 11 is 0. The van der Waals surface area contributed by atoms with E-state index in [0.717, 1.165) is 28.0 Å². The van der Waals surface area contributed by atoms with Gasteiger partial charge in [0.25, 0.3) is 0 Å². The van der Waals surface area contributed by atoms with Gasteiger partial charge < -0.3 is 0 Å². The van der Waals surface area contributed by atoms with Crippen LogP contribution in [0.15, 0.2) is 53.6 Å². The molecule has 24 heavy (non-hydrogen) atoms. The molecule has 1 amide bonds. The molecule has 0 bridgehead atoms. The number of amides is 1. The Hall–Kier alpha value is -2.47. The Balaban J connectivity index is 1.64. The van der Waals surface area contributed by atoms with Gasteiger partial charge in [-0.05, 0) is 17.5 Å². The summed E-state index contributed by atoms with van der Waals surface area (Å²) in [6.45, 7) is 0. The number of fused-ring (bicyclic) bond motifs is 3. The van der Waals surface area contributed by atoms with E-state index in [-0.39, 0.29) is 17.4 Å². The van der Waals surface area contributed by atoms with Gasteiger partial charge in [0.2, 0.25) is 5.91 Å². The van der Waals surface area contributed by atoms with Crippen molar-refractivity contribution in [3.8, 4) is 11.1 Å². The lowest BCUT2D eigenvalue weighted by atomic mass is 10.1. The van der Waals surface area contributed by atoms with Crippen molar-refractivity contribution in [3.63, 3.8) is 0 Å². The molecular formula is C18H16N2O3S. The zero-order chi connectivity index (χ0) is 16.7. The van der Waals surface area contributed by atoms with Crippen molar-refractivity contribution < 1.29 is 13.2 Å². The number of nitrogens with one attached hydrogen (secondary N) is 1.